The lowest BCUT2D eigenvalue weighted by molar-refractivity contribution is 0.0946. The molecule has 0 saturated carbocycles. The van der Waals surface area contributed by atoms with Gasteiger partial charge in [0.05, 0.1) is 6.26 Å². The number of nitrogens with one attached hydrogen (secondary N) is 1. The second kappa shape index (κ2) is 6.45. The second-order valence-electron chi connectivity index (χ2n) is 4.76. The summed E-state index contributed by atoms with van der Waals surface area (Å²) in [4.78, 5) is 27.5. The number of nitrogens with two attached hydrogens (primary N) is 1. The van der Waals surface area contributed by atoms with Crippen LogP contribution in [0.25, 0.3) is 10.8 Å². The Morgan fingerprint density at radius 3 is 2.87 bits per heavy atom. The zero-order valence-electron chi connectivity index (χ0n) is 12.0. The number of aromatic nitrogens is 1. The fourth-order valence-electron chi connectivity index (χ4n) is 2.00. The first-order valence-corrected chi connectivity index (χ1v) is 7.68. The molecular formula is C16H13N3O3S. The molecule has 0 saturated heterocycles. The van der Waals surface area contributed by atoms with Crippen molar-refractivity contribution >= 4 is 23.2 Å². The van der Waals surface area contributed by atoms with E-state index in [1.165, 1.54) is 11.3 Å². The monoisotopic (exact) mass is 327 g/mol. The van der Waals surface area contributed by atoms with Gasteiger partial charge < -0.3 is 15.5 Å². The number of carbonyl (C=O) groups excluding carboxylic acids is 2. The van der Waals surface area contributed by atoms with Gasteiger partial charge in [-0.2, -0.15) is 0 Å². The third-order valence-corrected chi connectivity index (χ3v) is 3.99. The van der Waals surface area contributed by atoms with Gasteiger partial charge in [0.1, 0.15) is 5.69 Å². The van der Waals surface area contributed by atoms with Crippen molar-refractivity contribution in [1.29, 1.82) is 0 Å². The van der Waals surface area contributed by atoms with E-state index in [2.05, 4.69) is 10.3 Å². The zero-order chi connectivity index (χ0) is 16.2. The Hall–Kier alpha value is -2.93. The highest BCUT2D eigenvalue weighted by molar-refractivity contribution is 7.13. The molecular weight excluding hydrogens is 314 g/mol. The van der Waals surface area contributed by atoms with Gasteiger partial charge in [-0.05, 0) is 29.8 Å². The minimum atomic E-state index is -0.499. The lowest BCUT2D eigenvalue weighted by atomic mass is 10.1. The first-order chi connectivity index (χ1) is 11.1. The van der Waals surface area contributed by atoms with Crippen LogP contribution in [0.5, 0.6) is 0 Å². The van der Waals surface area contributed by atoms with Gasteiger partial charge in [-0.15, -0.1) is 11.3 Å². The number of rotatable bonds is 5. The average molecular weight is 327 g/mol. The van der Waals surface area contributed by atoms with E-state index >= 15 is 0 Å². The highest BCUT2D eigenvalue weighted by Gasteiger charge is 2.13. The van der Waals surface area contributed by atoms with E-state index in [-0.39, 0.29) is 12.5 Å². The van der Waals surface area contributed by atoms with Gasteiger partial charge in [0.2, 0.25) is 5.91 Å². The number of primary amides is 1. The van der Waals surface area contributed by atoms with Crippen LogP contribution in [0.2, 0.25) is 0 Å². The molecule has 1 aromatic carbocycles. The smallest absolute Gasteiger partial charge is 0.271 e. The van der Waals surface area contributed by atoms with Crippen LogP contribution < -0.4 is 11.1 Å². The standard InChI is InChI=1S/C16H13N3O3S/c17-14(20)11-4-1-3-10(7-11)8-18-15(21)12-9-23-16(19-12)13-5-2-6-22-13/h1-7,9H,8H2,(H2,17,20)(H,18,21). The molecule has 3 N–H and O–H groups in total. The van der Waals surface area contributed by atoms with E-state index < -0.39 is 5.91 Å². The molecule has 3 rings (SSSR count). The van der Waals surface area contributed by atoms with Gasteiger partial charge >= 0.3 is 0 Å². The summed E-state index contributed by atoms with van der Waals surface area (Å²) in [6, 6.07) is 10.4. The summed E-state index contributed by atoms with van der Waals surface area (Å²) in [5, 5.41) is 5.09. The molecule has 2 aromatic heterocycles. The summed E-state index contributed by atoms with van der Waals surface area (Å²) >= 11 is 1.34. The lowest BCUT2D eigenvalue weighted by Gasteiger charge is -2.04. The van der Waals surface area contributed by atoms with Gasteiger partial charge in [0, 0.05) is 17.5 Å². The van der Waals surface area contributed by atoms with E-state index in [1.807, 2.05) is 6.07 Å². The molecule has 3 aromatic rings. The molecule has 2 heterocycles. The maximum atomic E-state index is 12.1. The van der Waals surface area contributed by atoms with Gasteiger partial charge in [0.25, 0.3) is 5.91 Å². The van der Waals surface area contributed by atoms with Crippen LogP contribution in [0, 0.1) is 0 Å². The molecule has 0 aliphatic carbocycles. The first-order valence-electron chi connectivity index (χ1n) is 6.80. The highest BCUT2D eigenvalue weighted by Crippen LogP contribution is 2.23. The first kappa shape index (κ1) is 15.0. The molecule has 7 heteroatoms. The molecule has 0 aliphatic rings. The van der Waals surface area contributed by atoms with E-state index in [1.54, 1.807) is 42.0 Å². The lowest BCUT2D eigenvalue weighted by Crippen LogP contribution is -2.23. The average Bonchev–Trinajstić information content (AvgIpc) is 3.23. The number of hydrogen-bond acceptors (Lipinski definition) is 5. The molecule has 0 fully saturated rings. The van der Waals surface area contributed by atoms with Crippen molar-refractivity contribution in [3.8, 4) is 10.8 Å². The van der Waals surface area contributed by atoms with Crippen molar-refractivity contribution in [1.82, 2.24) is 10.3 Å². The summed E-state index contributed by atoms with van der Waals surface area (Å²) in [6.45, 7) is 0.285. The van der Waals surface area contributed by atoms with Crippen LogP contribution in [-0.2, 0) is 6.54 Å². The Kier molecular flexibility index (Phi) is 4.20. The van der Waals surface area contributed by atoms with E-state index in [0.717, 1.165) is 5.56 Å². The number of hydrogen-bond donors (Lipinski definition) is 2. The van der Waals surface area contributed by atoms with Crippen LogP contribution in [0.15, 0.2) is 52.5 Å². The fourth-order valence-corrected chi connectivity index (χ4v) is 2.77. The van der Waals surface area contributed by atoms with Crippen molar-refractivity contribution in [2.75, 3.05) is 0 Å². The molecule has 0 bridgehead atoms. The molecule has 0 atom stereocenters. The van der Waals surface area contributed by atoms with Crippen LogP contribution >= 0.6 is 11.3 Å². The van der Waals surface area contributed by atoms with Crippen LogP contribution in [-0.4, -0.2) is 16.8 Å². The van der Waals surface area contributed by atoms with Gasteiger partial charge in [-0.1, -0.05) is 12.1 Å². The van der Waals surface area contributed by atoms with Gasteiger partial charge in [0.15, 0.2) is 10.8 Å². The topological polar surface area (TPSA) is 98.2 Å². The highest BCUT2D eigenvalue weighted by atomic mass is 32.1. The summed E-state index contributed by atoms with van der Waals surface area (Å²) in [5.41, 5.74) is 6.76. The van der Waals surface area contributed by atoms with E-state index in [9.17, 15) is 9.59 Å². The van der Waals surface area contributed by atoms with Crippen molar-refractivity contribution in [2.45, 2.75) is 6.54 Å². The number of carbonyl (C=O) groups is 2. The number of benzene rings is 1. The predicted octanol–water partition coefficient (Wildman–Crippen LogP) is 2.43. The summed E-state index contributed by atoms with van der Waals surface area (Å²) in [7, 11) is 0. The fraction of sp³-hybridized carbons (Fsp3) is 0.0625. The predicted molar refractivity (Wildman–Crippen MR) is 85.9 cm³/mol. The number of amides is 2. The normalized spacial score (nSPS) is 10.4. The van der Waals surface area contributed by atoms with Crippen LogP contribution in [0.1, 0.15) is 26.4 Å². The Bertz CT molecular complexity index is 840. The zero-order valence-corrected chi connectivity index (χ0v) is 12.8. The van der Waals surface area contributed by atoms with Crippen molar-refractivity contribution < 1.29 is 14.0 Å². The Morgan fingerprint density at radius 1 is 1.26 bits per heavy atom. The Labute approximate surface area is 136 Å². The molecule has 0 spiro atoms. The molecule has 116 valence electrons. The number of nitrogens with zero attached hydrogens (tertiary/aromatic N) is 1. The van der Waals surface area contributed by atoms with Crippen molar-refractivity contribution in [3.63, 3.8) is 0 Å². The molecule has 0 unspecified atom stereocenters. The van der Waals surface area contributed by atoms with Crippen LogP contribution in [0.4, 0.5) is 0 Å². The SMILES string of the molecule is NC(=O)c1cccc(CNC(=O)c2csc(-c3ccco3)n2)c1. The summed E-state index contributed by atoms with van der Waals surface area (Å²) in [6.07, 6.45) is 1.56. The summed E-state index contributed by atoms with van der Waals surface area (Å²) < 4.78 is 5.25. The summed E-state index contributed by atoms with van der Waals surface area (Å²) in [5.74, 6) is -0.160. The minimum absolute atomic E-state index is 0.285. The minimum Gasteiger partial charge on any atom is -0.462 e. The quantitative estimate of drug-likeness (QED) is 0.752. The number of thiazole rings is 1. The van der Waals surface area contributed by atoms with Crippen molar-refractivity contribution in [3.05, 3.63) is 64.9 Å². The van der Waals surface area contributed by atoms with E-state index in [4.69, 9.17) is 10.2 Å². The van der Waals surface area contributed by atoms with E-state index in [0.29, 0.717) is 22.0 Å². The molecule has 0 radical (unpaired) electrons. The largest absolute Gasteiger partial charge is 0.462 e. The molecule has 0 aliphatic heterocycles. The molecule has 2 amide bonds. The Balaban J connectivity index is 1.66. The molecule has 6 nitrogen and oxygen atoms in total. The van der Waals surface area contributed by atoms with Crippen LogP contribution in [0.3, 0.4) is 0 Å². The third kappa shape index (κ3) is 3.46. The number of furan rings is 1. The second-order valence-corrected chi connectivity index (χ2v) is 5.62. The third-order valence-electron chi connectivity index (χ3n) is 3.13. The maximum absolute atomic E-state index is 12.1. The Morgan fingerprint density at radius 2 is 2.13 bits per heavy atom. The van der Waals surface area contributed by atoms with Gasteiger partial charge in [-0.25, -0.2) is 4.98 Å². The van der Waals surface area contributed by atoms with Crippen molar-refractivity contribution in [2.24, 2.45) is 5.73 Å². The maximum Gasteiger partial charge on any atom is 0.271 e. The molecule has 23 heavy (non-hydrogen) atoms. The van der Waals surface area contributed by atoms with Gasteiger partial charge in [-0.3, -0.25) is 9.59 Å².